The van der Waals surface area contributed by atoms with E-state index >= 15 is 0 Å². The molecule has 0 spiro atoms. The van der Waals surface area contributed by atoms with Gasteiger partial charge in [0.2, 0.25) is 5.91 Å². The van der Waals surface area contributed by atoms with E-state index in [0.717, 1.165) is 28.1 Å². The third-order valence-corrected chi connectivity index (χ3v) is 5.48. The zero-order valence-electron chi connectivity index (χ0n) is 17.5. The van der Waals surface area contributed by atoms with E-state index < -0.39 is 0 Å². The molecule has 0 saturated heterocycles. The lowest BCUT2D eigenvalue weighted by Gasteiger charge is -2.11. The molecule has 0 aliphatic carbocycles. The van der Waals surface area contributed by atoms with E-state index in [-0.39, 0.29) is 11.7 Å². The van der Waals surface area contributed by atoms with E-state index in [1.165, 1.54) is 11.8 Å². The maximum atomic E-state index is 12.6. The fourth-order valence-electron chi connectivity index (χ4n) is 3.24. The number of amides is 1. The molecule has 2 aromatic heterocycles. The number of thioether (sulfide) groups is 1. The van der Waals surface area contributed by atoms with E-state index in [1.807, 2.05) is 61.7 Å². The van der Waals surface area contributed by atoms with Crippen LogP contribution in [0.4, 0.5) is 5.69 Å². The van der Waals surface area contributed by atoms with Crippen LogP contribution in [0.2, 0.25) is 0 Å². The average molecular weight is 431 g/mol. The molecule has 2 heterocycles. The maximum absolute atomic E-state index is 12.6. The molecule has 0 bridgehead atoms. The van der Waals surface area contributed by atoms with Crippen molar-refractivity contribution in [1.29, 1.82) is 0 Å². The van der Waals surface area contributed by atoms with Crippen molar-refractivity contribution in [3.63, 3.8) is 0 Å². The molecule has 8 heteroatoms. The Morgan fingerprint density at radius 2 is 1.71 bits per heavy atom. The number of benzene rings is 2. The summed E-state index contributed by atoms with van der Waals surface area (Å²) >= 11 is 1.33. The van der Waals surface area contributed by atoms with Crippen molar-refractivity contribution in [1.82, 2.24) is 24.7 Å². The zero-order chi connectivity index (χ0) is 21.8. The molecular weight excluding hydrogens is 408 g/mol. The molecule has 0 unspecified atom stereocenters. The van der Waals surface area contributed by atoms with Crippen LogP contribution >= 0.6 is 11.8 Å². The Kier molecular flexibility index (Phi) is 6.08. The molecular formula is C23H22N6OS. The number of aryl methyl sites for hydroxylation is 3. The number of nitrogens with one attached hydrogen (secondary N) is 1. The Balaban J connectivity index is 1.58. The second kappa shape index (κ2) is 9.09. The Morgan fingerprint density at radius 1 is 0.968 bits per heavy atom. The standard InChI is InChI=1S/C23H22N6OS/c1-15-4-6-19(7-5-15)29-22(20-13-24-8-9-25-20)27-28-23(29)31-14-21(30)26-18-11-16(2)10-17(3)12-18/h4-13H,14H2,1-3H3,(H,26,30). The highest BCUT2D eigenvalue weighted by Gasteiger charge is 2.18. The van der Waals surface area contributed by atoms with Gasteiger partial charge < -0.3 is 5.32 Å². The van der Waals surface area contributed by atoms with E-state index in [9.17, 15) is 4.79 Å². The summed E-state index contributed by atoms with van der Waals surface area (Å²) in [5, 5.41) is 12.2. The Labute approximate surface area is 185 Å². The van der Waals surface area contributed by atoms with Gasteiger partial charge in [-0.05, 0) is 56.2 Å². The average Bonchev–Trinajstić information content (AvgIpc) is 3.17. The van der Waals surface area contributed by atoms with E-state index in [2.05, 4.69) is 31.5 Å². The lowest BCUT2D eigenvalue weighted by atomic mass is 10.1. The quantitative estimate of drug-likeness (QED) is 0.457. The molecule has 0 aliphatic rings. The van der Waals surface area contributed by atoms with E-state index in [1.54, 1.807) is 18.6 Å². The summed E-state index contributed by atoms with van der Waals surface area (Å²) < 4.78 is 1.90. The number of aromatic nitrogens is 5. The minimum atomic E-state index is -0.102. The highest BCUT2D eigenvalue weighted by Crippen LogP contribution is 2.27. The number of hydrogen-bond donors (Lipinski definition) is 1. The van der Waals surface area contributed by atoms with Crippen molar-refractivity contribution in [2.24, 2.45) is 0 Å². The van der Waals surface area contributed by atoms with Gasteiger partial charge in [0.1, 0.15) is 5.69 Å². The minimum Gasteiger partial charge on any atom is -0.325 e. The predicted octanol–water partition coefficient (Wildman–Crippen LogP) is 4.38. The summed E-state index contributed by atoms with van der Waals surface area (Å²) in [6, 6.07) is 14.0. The smallest absolute Gasteiger partial charge is 0.234 e. The van der Waals surface area contributed by atoms with Gasteiger partial charge in [0.05, 0.1) is 11.9 Å². The van der Waals surface area contributed by atoms with Gasteiger partial charge in [0, 0.05) is 23.8 Å². The monoisotopic (exact) mass is 430 g/mol. The van der Waals surface area contributed by atoms with Gasteiger partial charge >= 0.3 is 0 Å². The van der Waals surface area contributed by atoms with Crippen LogP contribution in [0, 0.1) is 20.8 Å². The van der Waals surface area contributed by atoms with Gasteiger partial charge in [0.15, 0.2) is 11.0 Å². The lowest BCUT2D eigenvalue weighted by molar-refractivity contribution is -0.113. The van der Waals surface area contributed by atoms with Crippen LogP contribution < -0.4 is 5.32 Å². The highest BCUT2D eigenvalue weighted by atomic mass is 32.2. The fraction of sp³-hybridized carbons (Fsp3) is 0.174. The van der Waals surface area contributed by atoms with Crippen LogP contribution in [0.5, 0.6) is 0 Å². The molecule has 7 nitrogen and oxygen atoms in total. The summed E-state index contributed by atoms with van der Waals surface area (Å²) in [5.74, 6) is 0.681. The van der Waals surface area contributed by atoms with Gasteiger partial charge in [-0.1, -0.05) is 35.5 Å². The van der Waals surface area contributed by atoms with Crippen molar-refractivity contribution >= 4 is 23.4 Å². The number of rotatable bonds is 6. The van der Waals surface area contributed by atoms with Crippen LogP contribution in [-0.2, 0) is 4.79 Å². The zero-order valence-corrected chi connectivity index (χ0v) is 18.3. The summed E-state index contributed by atoms with van der Waals surface area (Å²) in [5.41, 5.74) is 5.67. The molecule has 1 N–H and O–H groups in total. The minimum absolute atomic E-state index is 0.102. The number of anilines is 1. The number of carbonyl (C=O) groups is 1. The van der Waals surface area contributed by atoms with E-state index in [4.69, 9.17) is 0 Å². The SMILES string of the molecule is Cc1ccc(-n2c(SCC(=O)Nc3cc(C)cc(C)c3)nnc2-c2cnccn2)cc1. The largest absolute Gasteiger partial charge is 0.325 e. The van der Waals surface area contributed by atoms with Crippen molar-refractivity contribution in [2.45, 2.75) is 25.9 Å². The number of hydrogen-bond acceptors (Lipinski definition) is 6. The Morgan fingerprint density at radius 3 is 2.39 bits per heavy atom. The van der Waals surface area contributed by atoms with Crippen molar-refractivity contribution in [2.75, 3.05) is 11.1 Å². The van der Waals surface area contributed by atoms with Crippen molar-refractivity contribution < 1.29 is 4.79 Å². The molecule has 156 valence electrons. The summed E-state index contributed by atoms with van der Waals surface area (Å²) in [6.45, 7) is 6.05. The van der Waals surface area contributed by atoms with Crippen LogP contribution in [-0.4, -0.2) is 36.4 Å². The molecule has 1 amide bonds. The van der Waals surface area contributed by atoms with Gasteiger partial charge in [0.25, 0.3) is 0 Å². The molecule has 0 saturated carbocycles. The summed E-state index contributed by atoms with van der Waals surface area (Å²) in [4.78, 5) is 21.1. The molecule has 0 aliphatic heterocycles. The summed E-state index contributed by atoms with van der Waals surface area (Å²) in [7, 11) is 0. The normalized spacial score (nSPS) is 10.8. The van der Waals surface area contributed by atoms with Gasteiger partial charge in [-0.15, -0.1) is 10.2 Å². The third-order valence-electron chi connectivity index (χ3n) is 4.56. The first-order valence-corrected chi connectivity index (χ1v) is 10.8. The molecule has 4 aromatic rings. The molecule has 2 aromatic carbocycles. The number of carbonyl (C=O) groups excluding carboxylic acids is 1. The van der Waals surface area contributed by atoms with Gasteiger partial charge in [-0.3, -0.25) is 14.3 Å². The molecule has 0 radical (unpaired) electrons. The van der Waals surface area contributed by atoms with Crippen LogP contribution in [0.25, 0.3) is 17.2 Å². The molecule has 31 heavy (non-hydrogen) atoms. The molecule has 4 rings (SSSR count). The van der Waals surface area contributed by atoms with Gasteiger partial charge in [-0.2, -0.15) is 0 Å². The first kappa shape index (κ1) is 20.7. The topological polar surface area (TPSA) is 85.6 Å². The van der Waals surface area contributed by atoms with Crippen molar-refractivity contribution in [3.8, 4) is 17.2 Å². The third kappa shape index (κ3) is 4.97. The Hall–Kier alpha value is -3.52. The molecule has 0 fully saturated rings. The van der Waals surface area contributed by atoms with Crippen LogP contribution in [0.1, 0.15) is 16.7 Å². The van der Waals surface area contributed by atoms with E-state index in [0.29, 0.717) is 16.7 Å². The second-order valence-corrected chi connectivity index (χ2v) is 8.22. The van der Waals surface area contributed by atoms with Crippen LogP contribution in [0.15, 0.2) is 66.2 Å². The maximum Gasteiger partial charge on any atom is 0.234 e. The van der Waals surface area contributed by atoms with Crippen LogP contribution in [0.3, 0.4) is 0 Å². The summed E-state index contributed by atoms with van der Waals surface area (Å²) in [6.07, 6.45) is 4.88. The first-order chi connectivity index (χ1) is 15.0. The molecule has 0 atom stereocenters. The van der Waals surface area contributed by atoms with Gasteiger partial charge in [-0.25, -0.2) is 4.98 Å². The first-order valence-electron chi connectivity index (χ1n) is 9.79. The fourth-order valence-corrected chi connectivity index (χ4v) is 4.00. The predicted molar refractivity (Wildman–Crippen MR) is 122 cm³/mol. The highest BCUT2D eigenvalue weighted by molar-refractivity contribution is 7.99. The number of nitrogens with zero attached hydrogens (tertiary/aromatic N) is 5. The second-order valence-electron chi connectivity index (χ2n) is 7.28. The lowest BCUT2D eigenvalue weighted by Crippen LogP contribution is -2.14. The Bertz CT molecular complexity index is 1180. The van der Waals surface area contributed by atoms with Crippen molar-refractivity contribution in [3.05, 3.63) is 77.7 Å².